The van der Waals surface area contributed by atoms with Gasteiger partial charge in [0.1, 0.15) is 0 Å². The van der Waals surface area contributed by atoms with E-state index in [1.807, 2.05) is 0 Å². The van der Waals surface area contributed by atoms with E-state index in [1.54, 1.807) is 0 Å². The van der Waals surface area contributed by atoms with Crippen LogP contribution in [0.3, 0.4) is 0 Å². The first kappa shape index (κ1) is 11.1. The van der Waals surface area contributed by atoms with Gasteiger partial charge in [0.25, 0.3) is 0 Å². The fourth-order valence-corrected chi connectivity index (χ4v) is 2.95. The van der Waals surface area contributed by atoms with Crippen LogP contribution in [0.15, 0.2) is 47.3 Å². The van der Waals surface area contributed by atoms with Crippen LogP contribution in [0, 0.1) is 0 Å². The molecule has 0 heterocycles. The summed E-state index contributed by atoms with van der Waals surface area (Å²) in [6, 6.07) is 0. The molecule has 0 aromatic rings. The van der Waals surface area contributed by atoms with Crippen LogP contribution in [-0.4, -0.2) is 27.8 Å². The van der Waals surface area contributed by atoms with E-state index in [2.05, 4.69) is 68.5 Å². The Labute approximate surface area is 88.7 Å². The van der Waals surface area contributed by atoms with Gasteiger partial charge in [-0.05, 0) is 11.3 Å². The van der Waals surface area contributed by atoms with Crippen molar-refractivity contribution in [1.82, 2.24) is 4.90 Å². The average molecular weight is 205 g/mol. The number of rotatable bonds is 2. The van der Waals surface area contributed by atoms with Gasteiger partial charge in [0, 0.05) is 19.8 Å². The molecule has 0 aromatic heterocycles. The summed E-state index contributed by atoms with van der Waals surface area (Å²) in [7, 11) is 3.46. The molecule has 76 valence electrons. The number of allylic oxidation sites excluding steroid dienone is 7. The first-order chi connectivity index (χ1) is 6.63. The molecule has 0 amide bonds. The van der Waals surface area contributed by atoms with Gasteiger partial charge in [-0.15, -0.1) is 0 Å². The van der Waals surface area contributed by atoms with Crippen molar-refractivity contribution in [2.45, 2.75) is 13.1 Å². The Bertz CT molecular complexity index is 276. The van der Waals surface area contributed by atoms with Gasteiger partial charge in [-0.3, -0.25) is 0 Å². The van der Waals surface area contributed by atoms with E-state index >= 15 is 0 Å². The normalized spacial score (nSPS) is 28.1. The van der Waals surface area contributed by atoms with Crippen molar-refractivity contribution in [2.24, 2.45) is 0 Å². The molecule has 1 rings (SSSR count). The Morgan fingerprint density at radius 2 is 1.50 bits per heavy atom. The van der Waals surface area contributed by atoms with Crippen molar-refractivity contribution < 1.29 is 0 Å². The molecule has 0 aliphatic heterocycles. The van der Waals surface area contributed by atoms with Crippen LogP contribution in [0.1, 0.15) is 0 Å². The summed E-state index contributed by atoms with van der Waals surface area (Å²) < 4.78 is 0. The van der Waals surface area contributed by atoms with Crippen molar-refractivity contribution in [3.8, 4) is 0 Å². The van der Waals surface area contributed by atoms with Gasteiger partial charge in [0.05, 0.1) is 8.80 Å². The fourth-order valence-electron chi connectivity index (χ4n) is 1.51. The molecule has 1 nitrogen and oxygen atoms in total. The van der Waals surface area contributed by atoms with E-state index < -0.39 is 8.80 Å². The number of nitrogens with zero attached hydrogens (tertiary/aromatic N) is 1. The third-order valence-electron chi connectivity index (χ3n) is 2.26. The Morgan fingerprint density at radius 3 is 2.00 bits per heavy atom. The molecule has 0 saturated carbocycles. The zero-order valence-corrected chi connectivity index (χ0v) is 10.6. The maximum Gasteiger partial charge on any atom is 0.0674 e. The van der Waals surface area contributed by atoms with Crippen LogP contribution in [0.25, 0.3) is 0 Å². The lowest BCUT2D eigenvalue weighted by Crippen LogP contribution is -2.17. The highest BCUT2D eigenvalue weighted by atomic mass is 28.3. The minimum Gasteiger partial charge on any atom is -0.378 e. The highest BCUT2D eigenvalue weighted by Crippen LogP contribution is 2.15. The summed E-state index contributed by atoms with van der Waals surface area (Å²) in [5, 5.41) is 1.52. The van der Waals surface area contributed by atoms with E-state index in [9.17, 15) is 0 Å². The Kier molecular flexibility index (Phi) is 3.95. The molecule has 0 bridgehead atoms. The minimum absolute atomic E-state index is 0.749. The van der Waals surface area contributed by atoms with Crippen molar-refractivity contribution in [3.05, 3.63) is 47.3 Å². The second kappa shape index (κ2) is 5.01. The second-order valence-corrected chi connectivity index (χ2v) is 6.92. The summed E-state index contributed by atoms with van der Waals surface area (Å²) in [6.45, 7) is 4.73. The lowest BCUT2D eigenvalue weighted by molar-refractivity contribution is 0.528. The van der Waals surface area contributed by atoms with Crippen molar-refractivity contribution in [2.75, 3.05) is 14.1 Å². The molecule has 0 atom stereocenters. The molecular formula is C12H19NSi. The summed E-state index contributed by atoms with van der Waals surface area (Å²) in [6.07, 6.45) is 12.8. The van der Waals surface area contributed by atoms with Crippen LogP contribution in [0.4, 0.5) is 0 Å². The molecule has 1 aliphatic rings. The molecule has 0 radical (unpaired) electrons. The largest absolute Gasteiger partial charge is 0.378 e. The van der Waals surface area contributed by atoms with Crippen LogP contribution in [-0.2, 0) is 0 Å². The maximum absolute atomic E-state index is 2.36. The zero-order chi connectivity index (χ0) is 10.6. The Balaban J connectivity index is 3.13. The van der Waals surface area contributed by atoms with Gasteiger partial charge >= 0.3 is 0 Å². The predicted molar refractivity (Wildman–Crippen MR) is 67.0 cm³/mol. The molecule has 2 heteroatoms. The van der Waals surface area contributed by atoms with Gasteiger partial charge in [0.2, 0.25) is 0 Å². The van der Waals surface area contributed by atoms with Gasteiger partial charge in [0.15, 0.2) is 0 Å². The molecule has 0 saturated heterocycles. The second-order valence-electron chi connectivity index (χ2n) is 3.99. The highest BCUT2D eigenvalue weighted by molar-refractivity contribution is 6.65. The molecule has 0 aromatic carbocycles. The number of hydrogen-bond acceptors (Lipinski definition) is 1. The summed E-state index contributed by atoms with van der Waals surface area (Å²) in [5.41, 5.74) is 1.35. The summed E-state index contributed by atoms with van der Waals surface area (Å²) >= 11 is 0. The van der Waals surface area contributed by atoms with E-state index in [0.717, 1.165) is 0 Å². The molecule has 1 aliphatic carbocycles. The van der Waals surface area contributed by atoms with E-state index in [0.29, 0.717) is 0 Å². The predicted octanol–water partition coefficient (Wildman–Crippen LogP) is 2.51. The van der Waals surface area contributed by atoms with Gasteiger partial charge in [-0.1, -0.05) is 43.5 Å². The molecular weight excluding hydrogens is 186 g/mol. The monoisotopic (exact) mass is 205 g/mol. The first-order valence-electron chi connectivity index (χ1n) is 5.06. The SMILES string of the molecule is CN(C)C1=C([SiH](C)C)/C=C\C=C/C=C\1. The average Bonchev–Trinajstić information content (AvgIpc) is 2.01. The van der Waals surface area contributed by atoms with E-state index in [-0.39, 0.29) is 0 Å². The summed E-state index contributed by atoms with van der Waals surface area (Å²) in [5.74, 6) is 0. The molecule has 0 N–H and O–H groups in total. The lowest BCUT2D eigenvalue weighted by Gasteiger charge is -2.20. The van der Waals surface area contributed by atoms with E-state index in [1.165, 1.54) is 10.9 Å². The van der Waals surface area contributed by atoms with Crippen molar-refractivity contribution in [3.63, 3.8) is 0 Å². The van der Waals surface area contributed by atoms with Gasteiger partial charge < -0.3 is 4.90 Å². The fraction of sp³-hybridized carbons (Fsp3) is 0.333. The van der Waals surface area contributed by atoms with Crippen molar-refractivity contribution in [1.29, 1.82) is 0 Å². The topological polar surface area (TPSA) is 3.24 Å². The zero-order valence-electron chi connectivity index (χ0n) is 9.49. The molecule has 0 unspecified atom stereocenters. The van der Waals surface area contributed by atoms with Crippen LogP contribution in [0.5, 0.6) is 0 Å². The lowest BCUT2D eigenvalue weighted by atomic mass is 10.2. The number of likely N-dealkylation sites (N-methyl/N-ethyl adjacent to an activating group) is 1. The first-order valence-corrected chi connectivity index (χ1v) is 7.94. The van der Waals surface area contributed by atoms with Crippen LogP contribution in [0.2, 0.25) is 13.1 Å². The van der Waals surface area contributed by atoms with Crippen LogP contribution < -0.4 is 0 Å². The van der Waals surface area contributed by atoms with E-state index in [4.69, 9.17) is 0 Å². The smallest absolute Gasteiger partial charge is 0.0674 e. The molecule has 0 fully saturated rings. The quantitative estimate of drug-likeness (QED) is 0.626. The standard InChI is InChI=1S/C12H19NSi/c1-13(2)11-9-7-5-6-8-10-12(11)14(3)4/h5-10,14H,1-4H3/b6-5-,7-5?,8-6?,9-7-,10-8-,11-9?,12-10?,12-11-. The Morgan fingerprint density at radius 1 is 0.929 bits per heavy atom. The minimum atomic E-state index is -0.749. The third-order valence-corrected chi connectivity index (χ3v) is 4.00. The van der Waals surface area contributed by atoms with Gasteiger partial charge in [-0.25, -0.2) is 0 Å². The number of hydrogen-bond donors (Lipinski definition) is 0. The Hall–Kier alpha value is -1.02. The molecule has 0 spiro atoms. The van der Waals surface area contributed by atoms with Crippen molar-refractivity contribution >= 4 is 8.80 Å². The van der Waals surface area contributed by atoms with Crippen LogP contribution >= 0.6 is 0 Å². The maximum atomic E-state index is 2.36. The summed E-state index contributed by atoms with van der Waals surface area (Å²) in [4.78, 5) is 2.20. The van der Waals surface area contributed by atoms with Gasteiger partial charge in [-0.2, -0.15) is 0 Å². The molecule has 14 heavy (non-hydrogen) atoms. The highest BCUT2D eigenvalue weighted by Gasteiger charge is 2.08. The third kappa shape index (κ3) is 2.74.